The third kappa shape index (κ3) is 2.74. The molecule has 26 heavy (non-hydrogen) atoms. The Balaban J connectivity index is 2.07. The summed E-state index contributed by atoms with van der Waals surface area (Å²) < 4.78 is 5.45. The number of carbonyl (C=O) groups is 1. The SMILES string of the molecule is Cc1cccc(C(=O)c2c(-c3ccccc3)c3ccccc3oc2=O)c1. The lowest BCUT2D eigenvalue weighted by molar-refractivity contribution is 0.103. The largest absolute Gasteiger partial charge is 0.422 e. The van der Waals surface area contributed by atoms with Crippen molar-refractivity contribution in [2.75, 3.05) is 0 Å². The van der Waals surface area contributed by atoms with E-state index in [4.69, 9.17) is 4.42 Å². The van der Waals surface area contributed by atoms with Crippen LogP contribution in [0.25, 0.3) is 22.1 Å². The van der Waals surface area contributed by atoms with Crippen LogP contribution in [-0.2, 0) is 0 Å². The first-order valence-electron chi connectivity index (χ1n) is 8.38. The summed E-state index contributed by atoms with van der Waals surface area (Å²) in [4.78, 5) is 25.9. The third-order valence-electron chi connectivity index (χ3n) is 4.38. The summed E-state index contributed by atoms with van der Waals surface area (Å²) in [5, 5.41) is 0.745. The summed E-state index contributed by atoms with van der Waals surface area (Å²) in [5.41, 5.74) is 2.79. The summed E-state index contributed by atoms with van der Waals surface area (Å²) in [6.07, 6.45) is 0. The van der Waals surface area contributed by atoms with Crippen LogP contribution >= 0.6 is 0 Å². The number of para-hydroxylation sites is 1. The van der Waals surface area contributed by atoms with Gasteiger partial charge in [-0.2, -0.15) is 0 Å². The molecule has 126 valence electrons. The number of fused-ring (bicyclic) bond motifs is 1. The number of hydrogen-bond acceptors (Lipinski definition) is 3. The Kier molecular flexibility index (Phi) is 3.98. The maximum atomic E-state index is 13.2. The number of rotatable bonds is 3. The van der Waals surface area contributed by atoms with Crippen LogP contribution in [0.5, 0.6) is 0 Å². The minimum absolute atomic E-state index is 0.0699. The molecule has 0 bridgehead atoms. The number of carbonyl (C=O) groups excluding carboxylic acids is 1. The second-order valence-electron chi connectivity index (χ2n) is 6.20. The van der Waals surface area contributed by atoms with Crippen LogP contribution in [0.15, 0.2) is 88.1 Å². The Hall–Kier alpha value is -3.46. The van der Waals surface area contributed by atoms with Crippen molar-refractivity contribution < 1.29 is 9.21 Å². The van der Waals surface area contributed by atoms with Crippen LogP contribution in [0, 0.1) is 6.92 Å². The topological polar surface area (TPSA) is 47.3 Å². The highest BCUT2D eigenvalue weighted by Crippen LogP contribution is 2.31. The Morgan fingerprint density at radius 3 is 2.35 bits per heavy atom. The molecular formula is C23H16O3. The highest BCUT2D eigenvalue weighted by Gasteiger charge is 2.23. The molecule has 4 aromatic rings. The molecule has 0 atom stereocenters. The molecule has 0 amide bonds. The minimum atomic E-state index is -0.617. The van der Waals surface area contributed by atoms with E-state index in [9.17, 15) is 9.59 Å². The van der Waals surface area contributed by atoms with Crippen LogP contribution in [0.1, 0.15) is 21.5 Å². The van der Waals surface area contributed by atoms with Crippen molar-refractivity contribution in [1.82, 2.24) is 0 Å². The molecule has 0 radical (unpaired) electrons. The summed E-state index contributed by atoms with van der Waals surface area (Å²) in [5.74, 6) is -0.327. The molecule has 0 N–H and O–H groups in total. The first-order chi connectivity index (χ1) is 12.6. The van der Waals surface area contributed by atoms with Crippen LogP contribution in [-0.4, -0.2) is 5.78 Å². The molecular weight excluding hydrogens is 324 g/mol. The van der Waals surface area contributed by atoms with Crippen LogP contribution in [0.4, 0.5) is 0 Å². The lowest BCUT2D eigenvalue weighted by Crippen LogP contribution is -2.17. The smallest absolute Gasteiger partial charge is 0.348 e. The third-order valence-corrected chi connectivity index (χ3v) is 4.38. The standard InChI is InChI=1S/C23H16O3/c1-15-8-7-11-17(14-15)22(24)21-20(16-9-3-2-4-10-16)18-12-5-6-13-19(18)26-23(21)25/h2-14H,1H3. The predicted molar refractivity (Wildman–Crippen MR) is 103 cm³/mol. The molecule has 0 saturated heterocycles. The Labute approximate surface area is 150 Å². The average Bonchev–Trinajstić information content (AvgIpc) is 2.67. The molecule has 1 heterocycles. The van der Waals surface area contributed by atoms with E-state index in [1.54, 1.807) is 18.2 Å². The number of benzene rings is 3. The maximum Gasteiger partial charge on any atom is 0.348 e. The lowest BCUT2D eigenvalue weighted by atomic mass is 9.92. The van der Waals surface area contributed by atoms with E-state index in [0.717, 1.165) is 16.5 Å². The maximum absolute atomic E-state index is 13.2. The molecule has 4 rings (SSSR count). The van der Waals surface area contributed by atoms with Crippen LogP contribution in [0.3, 0.4) is 0 Å². The summed E-state index contributed by atoms with van der Waals surface area (Å²) in [6, 6.07) is 24.0. The fourth-order valence-corrected chi connectivity index (χ4v) is 3.19. The summed E-state index contributed by atoms with van der Waals surface area (Å²) >= 11 is 0. The first-order valence-corrected chi connectivity index (χ1v) is 8.38. The fraction of sp³-hybridized carbons (Fsp3) is 0.0435. The van der Waals surface area contributed by atoms with Gasteiger partial charge in [0.2, 0.25) is 5.78 Å². The van der Waals surface area contributed by atoms with Gasteiger partial charge in [-0.3, -0.25) is 4.79 Å². The normalized spacial score (nSPS) is 10.8. The zero-order chi connectivity index (χ0) is 18.1. The van der Waals surface area contributed by atoms with Crippen molar-refractivity contribution in [3.8, 4) is 11.1 Å². The van der Waals surface area contributed by atoms with Gasteiger partial charge in [0.15, 0.2) is 0 Å². The molecule has 0 spiro atoms. The van der Waals surface area contributed by atoms with Gasteiger partial charge in [-0.05, 0) is 24.6 Å². The van der Waals surface area contributed by atoms with Crippen molar-refractivity contribution in [2.45, 2.75) is 6.92 Å². The van der Waals surface area contributed by atoms with Gasteiger partial charge in [-0.1, -0.05) is 72.3 Å². The molecule has 0 aliphatic carbocycles. The van der Waals surface area contributed by atoms with E-state index >= 15 is 0 Å². The van der Waals surface area contributed by atoms with E-state index in [0.29, 0.717) is 16.7 Å². The Morgan fingerprint density at radius 2 is 1.58 bits per heavy atom. The number of aryl methyl sites for hydroxylation is 1. The average molecular weight is 340 g/mol. The quantitative estimate of drug-likeness (QED) is 0.389. The lowest BCUT2D eigenvalue weighted by Gasteiger charge is -2.11. The molecule has 3 heteroatoms. The molecule has 0 fully saturated rings. The first kappa shape index (κ1) is 16.0. The molecule has 1 aromatic heterocycles. The van der Waals surface area contributed by atoms with E-state index < -0.39 is 5.63 Å². The molecule has 0 aliphatic heterocycles. The zero-order valence-electron chi connectivity index (χ0n) is 14.2. The van der Waals surface area contributed by atoms with Gasteiger partial charge >= 0.3 is 5.63 Å². The van der Waals surface area contributed by atoms with Crippen LogP contribution in [0.2, 0.25) is 0 Å². The highest BCUT2D eigenvalue weighted by atomic mass is 16.4. The second-order valence-corrected chi connectivity index (χ2v) is 6.20. The van der Waals surface area contributed by atoms with Gasteiger partial charge in [0.1, 0.15) is 11.1 Å². The van der Waals surface area contributed by atoms with Gasteiger partial charge < -0.3 is 4.42 Å². The Morgan fingerprint density at radius 1 is 0.846 bits per heavy atom. The predicted octanol–water partition coefficient (Wildman–Crippen LogP) is 5.00. The van der Waals surface area contributed by atoms with E-state index in [1.807, 2.05) is 67.6 Å². The van der Waals surface area contributed by atoms with Crippen molar-refractivity contribution in [3.63, 3.8) is 0 Å². The molecule has 3 nitrogen and oxygen atoms in total. The Bertz CT molecular complexity index is 1170. The van der Waals surface area contributed by atoms with Gasteiger partial charge in [0.05, 0.1) is 0 Å². The van der Waals surface area contributed by atoms with E-state index in [2.05, 4.69) is 0 Å². The summed E-state index contributed by atoms with van der Waals surface area (Å²) in [7, 11) is 0. The summed E-state index contributed by atoms with van der Waals surface area (Å²) in [6.45, 7) is 1.91. The second kappa shape index (κ2) is 6.45. The van der Waals surface area contributed by atoms with E-state index in [1.165, 1.54) is 0 Å². The van der Waals surface area contributed by atoms with Gasteiger partial charge in [0.25, 0.3) is 0 Å². The van der Waals surface area contributed by atoms with Gasteiger partial charge in [0, 0.05) is 16.5 Å². The monoisotopic (exact) mass is 340 g/mol. The molecule has 0 saturated carbocycles. The molecule has 0 unspecified atom stereocenters. The van der Waals surface area contributed by atoms with Gasteiger partial charge in [-0.15, -0.1) is 0 Å². The van der Waals surface area contributed by atoms with Crippen molar-refractivity contribution in [1.29, 1.82) is 0 Å². The highest BCUT2D eigenvalue weighted by molar-refractivity contribution is 6.16. The van der Waals surface area contributed by atoms with E-state index in [-0.39, 0.29) is 11.3 Å². The van der Waals surface area contributed by atoms with Gasteiger partial charge in [-0.25, -0.2) is 4.79 Å². The fourth-order valence-electron chi connectivity index (χ4n) is 3.19. The molecule has 0 aliphatic rings. The number of ketones is 1. The van der Waals surface area contributed by atoms with Crippen molar-refractivity contribution >= 4 is 16.8 Å². The minimum Gasteiger partial charge on any atom is -0.422 e. The molecule has 3 aromatic carbocycles. The zero-order valence-corrected chi connectivity index (χ0v) is 14.2. The number of hydrogen-bond donors (Lipinski definition) is 0. The van der Waals surface area contributed by atoms with Crippen LogP contribution < -0.4 is 5.63 Å². The van der Waals surface area contributed by atoms with Crippen molar-refractivity contribution in [3.05, 3.63) is 106 Å². The van der Waals surface area contributed by atoms with Crippen molar-refractivity contribution in [2.24, 2.45) is 0 Å².